The largest absolute Gasteiger partial charge is 0.508 e. The van der Waals surface area contributed by atoms with Crippen LogP contribution < -0.4 is 5.32 Å². The highest BCUT2D eigenvalue weighted by molar-refractivity contribution is 9.10. The topological polar surface area (TPSA) is 52.5 Å². The molecule has 0 radical (unpaired) electrons. The maximum Gasteiger partial charge on any atom is 0.124 e. The Hall–Kier alpha value is -1.52. The van der Waals surface area contributed by atoms with Gasteiger partial charge in [-0.15, -0.1) is 0 Å². The van der Waals surface area contributed by atoms with Crippen LogP contribution in [0, 0.1) is 0 Å². The normalized spacial score (nSPS) is 13.9. The standard InChI is InChI=1S/C16H18BrNO2/c1-10(12-3-5-13(17)6-4-12)18-11(2)15-8-7-14(19)9-16(15)20/h3-11,18-20H,1-2H3. The first-order valence-electron chi connectivity index (χ1n) is 6.50. The summed E-state index contributed by atoms with van der Waals surface area (Å²) in [6.45, 7) is 4.07. The lowest BCUT2D eigenvalue weighted by molar-refractivity contribution is 0.427. The molecular formula is C16H18BrNO2. The number of phenols is 2. The maximum atomic E-state index is 9.88. The Morgan fingerprint density at radius 2 is 1.60 bits per heavy atom. The summed E-state index contributed by atoms with van der Waals surface area (Å²) < 4.78 is 1.05. The highest BCUT2D eigenvalue weighted by Gasteiger charge is 2.14. The quantitative estimate of drug-likeness (QED) is 0.781. The van der Waals surface area contributed by atoms with Crippen LogP contribution in [0.5, 0.6) is 11.5 Å². The molecule has 2 aromatic carbocycles. The predicted molar refractivity (Wildman–Crippen MR) is 83.9 cm³/mol. The minimum Gasteiger partial charge on any atom is -0.508 e. The Labute approximate surface area is 127 Å². The third-order valence-electron chi connectivity index (χ3n) is 3.35. The summed E-state index contributed by atoms with van der Waals surface area (Å²) in [6, 6.07) is 13.0. The van der Waals surface area contributed by atoms with Gasteiger partial charge in [0, 0.05) is 28.2 Å². The van der Waals surface area contributed by atoms with E-state index in [0.29, 0.717) is 0 Å². The van der Waals surface area contributed by atoms with Crippen molar-refractivity contribution in [1.82, 2.24) is 5.32 Å². The van der Waals surface area contributed by atoms with Gasteiger partial charge in [-0.25, -0.2) is 0 Å². The molecule has 0 aliphatic rings. The minimum atomic E-state index is -0.0192. The molecule has 2 atom stereocenters. The Balaban J connectivity index is 2.10. The Morgan fingerprint density at radius 3 is 2.20 bits per heavy atom. The molecule has 2 aromatic rings. The highest BCUT2D eigenvalue weighted by atomic mass is 79.9. The monoisotopic (exact) mass is 335 g/mol. The molecule has 3 N–H and O–H groups in total. The second-order valence-corrected chi connectivity index (χ2v) is 5.82. The van der Waals surface area contributed by atoms with E-state index in [9.17, 15) is 10.2 Å². The summed E-state index contributed by atoms with van der Waals surface area (Å²) in [4.78, 5) is 0. The van der Waals surface area contributed by atoms with Crippen LogP contribution in [0.2, 0.25) is 0 Å². The van der Waals surface area contributed by atoms with E-state index >= 15 is 0 Å². The summed E-state index contributed by atoms with van der Waals surface area (Å²) in [5.41, 5.74) is 1.95. The van der Waals surface area contributed by atoms with Crippen LogP contribution in [0.1, 0.15) is 37.1 Å². The molecule has 0 spiro atoms. The number of nitrogens with one attached hydrogen (secondary N) is 1. The molecule has 106 valence electrons. The van der Waals surface area contributed by atoms with Gasteiger partial charge in [-0.05, 0) is 37.6 Å². The number of hydrogen-bond donors (Lipinski definition) is 3. The molecule has 20 heavy (non-hydrogen) atoms. The maximum absolute atomic E-state index is 9.88. The van der Waals surface area contributed by atoms with Crippen LogP contribution in [0.25, 0.3) is 0 Å². The van der Waals surface area contributed by atoms with E-state index in [1.807, 2.05) is 19.1 Å². The minimum absolute atomic E-state index is 0.0192. The molecule has 2 rings (SSSR count). The first kappa shape index (κ1) is 14.9. The lowest BCUT2D eigenvalue weighted by Gasteiger charge is -2.21. The summed E-state index contributed by atoms with van der Waals surface area (Å²) in [6.07, 6.45) is 0. The van der Waals surface area contributed by atoms with E-state index < -0.39 is 0 Å². The average molecular weight is 336 g/mol. The first-order chi connectivity index (χ1) is 9.47. The van der Waals surface area contributed by atoms with Gasteiger partial charge in [-0.1, -0.05) is 34.1 Å². The van der Waals surface area contributed by atoms with Crippen LogP contribution in [0.15, 0.2) is 46.9 Å². The van der Waals surface area contributed by atoms with Gasteiger partial charge in [0.2, 0.25) is 0 Å². The van der Waals surface area contributed by atoms with E-state index in [1.54, 1.807) is 12.1 Å². The fraction of sp³-hybridized carbons (Fsp3) is 0.250. The fourth-order valence-corrected chi connectivity index (χ4v) is 2.48. The fourth-order valence-electron chi connectivity index (χ4n) is 2.21. The number of rotatable bonds is 4. The van der Waals surface area contributed by atoms with Crippen molar-refractivity contribution < 1.29 is 10.2 Å². The molecule has 2 unspecified atom stereocenters. The Kier molecular flexibility index (Phi) is 4.68. The highest BCUT2D eigenvalue weighted by Crippen LogP contribution is 2.29. The zero-order chi connectivity index (χ0) is 14.7. The van der Waals surface area contributed by atoms with Gasteiger partial charge in [0.15, 0.2) is 0 Å². The van der Waals surface area contributed by atoms with E-state index in [1.165, 1.54) is 11.6 Å². The van der Waals surface area contributed by atoms with Gasteiger partial charge in [0.25, 0.3) is 0 Å². The molecular weight excluding hydrogens is 318 g/mol. The summed E-state index contributed by atoms with van der Waals surface area (Å²) in [5, 5.41) is 22.6. The van der Waals surface area contributed by atoms with Gasteiger partial charge in [0.05, 0.1) is 0 Å². The second-order valence-electron chi connectivity index (χ2n) is 4.90. The number of aromatic hydroxyl groups is 2. The summed E-state index contributed by atoms with van der Waals surface area (Å²) >= 11 is 3.42. The Morgan fingerprint density at radius 1 is 0.950 bits per heavy atom. The van der Waals surface area contributed by atoms with Crippen LogP contribution in [0.3, 0.4) is 0 Å². The van der Waals surface area contributed by atoms with Crippen molar-refractivity contribution in [2.75, 3.05) is 0 Å². The van der Waals surface area contributed by atoms with Crippen molar-refractivity contribution in [2.24, 2.45) is 0 Å². The van der Waals surface area contributed by atoms with E-state index in [-0.39, 0.29) is 23.6 Å². The summed E-state index contributed by atoms with van der Waals surface area (Å²) in [7, 11) is 0. The molecule has 0 aliphatic carbocycles. The zero-order valence-corrected chi connectivity index (χ0v) is 13.1. The van der Waals surface area contributed by atoms with E-state index in [4.69, 9.17) is 0 Å². The lowest BCUT2D eigenvalue weighted by atomic mass is 10.0. The van der Waals surface area contributed by atoms with Crippen LogP contribution in [-0.4, -0.2) is 10.2 Å². The molecule has 0 saturated carbocycles. The average Bonchev–Trinajstić information content (AvgIpc) is 2.39. The van der Waals surface area contributed by atoms with Gasteiger partial charge in [0.1, 0.15) is 11.5 Å². The molecule has 0 aromatic heterocycles. The van der Waals surface area contributed by atoms with Gasteiger partial charge in [-0.3, -0.25) is 0 Å². The Bertz CT molecular complexity index is 584. The van der Waals surface area contributed by atoms with Crippen molar-refractivity contribution in [3.05, 3.63) is 58.1 Å². The smallest absolute Gasteiger partial charge is 0.124 e. The molecule has 0 aliphatic heterocycles. The SMILES string of the molecule is CC(NC(C)c1ccc(O)cc1O)c1ccc(Br)cc1. The molecule has 0 bridgehead atoms. The number of hydrogen-bond acceptors (Lipinski definition) is 3. The second kappa shape index (κ2) is 6.29. The number of phenolic OH excluding ortho intramolecular Hbond substituents is 2. The molecule has 0 amide bonds. The van der Waals surface area contributed by atoms with Crippen LogP contribution >= 0.6 is 15.9 Å². The van der Waals surface area contributed by atoms with Crippen molar-refractivity contribution in [3.63, 3.8) is 0 Å². The van der Waals surface area contributed by atoms with E-state index in [0.717, 1.165) is 10.0 Å². The van der Waals surface area contributed by atoms with E-state index in [2.05, 4.69) is 40.3 Å². The van der Waals surface area contributed by atoms with Crippen molar-refractivity contribution in [3.8, 4) is 11.5 Å². The summed E-state index contributed by atoms with van der Waals surface area (Å²) in [5.74, 6) is 0.174. The number of halogens is 1. The lowest BCUT2D eigenvalue weighted by Crippen LogP contribution is -2.22. The molecule has 0 fully saturated rings. The van der Waals surface area contributed by atoms with Gasteiger partial charge in [-0.2, -0.15) is 0 Å². The molecule has 4 heteroatoms. The van der Waals surface area contributed by atoms with Crippen molar-refractivity contribution >= 4 is 15.9 Å². The van der Waals surface area contributed by atoms with Gasteiger partial charge >= 0.3 is 0 Å². The molecule has 0 saturated heterocycles. The van der Waals surface area contributed by atoms with Crippen molar-refractivity contribution in [2.45, 2.75) is 25.9 Å². The van der Waals surface area contributed by atoms with Crippen LogP contribution in [0.4, 0.5) is 0 Å². The number of benzene rings is 2. The molecule has 3 nitrogen and oxygen atoms in total. The zero-order valence-electron chi connectivity index (χ0n) is 11.5. The van der Waals surface area contributed by atoms with Crippen LogP contribution in [-0.2, 0) is 0 Å². The molecule has 0 heterocycles. The third-order valence-corrected chi connectivity index (χ3v) is 3.88. The first-order valence-corrected chi connectivity index (χ1v) is 7.30. The predicted octanol–water partition coefficient (Wildman–Crippen LogP) is 4.27. The van der Waals surface area contributed by atoms with Crippen molar-refractivity contribution in [1.29, 1.82) is 0 Å². The van der Waals surface area contributed by atoms with Gasteiger partial charge < -0.3 is 15.5 Å². The third kappa shape index (κ3) is 3.52.